The van der Waals surface area contributed by atoms with Crippen molar-refractivity contribution in [2.75, 3.05) is 11.5 Å². The zero-order valence-electron chi connectivity index (χ0n) is 6.63. The van der Waals surface area contributed by atoms with Crippen LogP contribution < -0.4 is 11.5 Å². The first-order valence-electron chi connectivity index (χ1n) is 3.49. The number of Topliss-reactive ketones (excluding diaryl/α,β-unsaturated/α-hetero) is 1. The molecule has 1 aromatic carbocycles. The highest BCUT2D eigenvalue weighted by atomic mass is 35.5. The van der Waals surface area contributed by atoms with Crippen LogP contribution >= 0.6 is 23.2 Å². The largest absolute Gasteiger partial charge is 0.399 e. The third-order valence-corrected chi connectivity index (χ3v) is 1.94. The molecule has 0 radical (unpaired) electrons. The van der Waals surface area contributed by atoms with E-state index in [9.17, 15) is 4.79 Å². The zero-order valence-corrected chi connectivity index (χ0v) is 8.14. The molecular formula is C8H8Cl2N2O. The standard InChI is InChI=1S/C8H8Cl2N2O/c9-8(10)7(13)5-3-4(11)1-2-6(5)12/h1-3,8H,11-12H2. The Labute approximate surface area is 85.6 Å². The van der Waals surface area contributed by atoms with Gasteiger partial charge in [0.2, 0.25) is 0 Å². The van der Waals surface area contributed by atoms with Gasteiger partial charge in [-0.2, -0.15) is 0 Å². The van der Waals surface area contributed by atoms with E-state index in [1.165, 1.54) is 6.07 Å². The third kappa shape index (κ3) is 2.26. The van der Waals surface area contributed by atoms with Crippen molar-refractivity contribution in [1.29, 1.82) is 0 Å². The molecule has 0 atom stereocenters. The first-order chi connectivity index (χ1) is 6.02. The molecule has 0 unspecified atom stereocenters. The zero-order chi connectivity index (χ0) is 10.0. The summed E-state index contributed by atoms with van der Waals surface area (Å²) in [6, 6.07) is 4.59. The van der Waals surface area contributed by atoms with Crippen LogP contribution in [0.15, 0.2) is 18.2 Å². The minimum atomic E-state index is -1.11. The van der Waals surface area contributed by atoms with Crippen LogP contribution in [0, 0.1) is 0 Å². The number of nitrogens with two attached hydrogens (primary N) is 2. The first-order valence-corrected chi connectivity index (χ1v) is 4.37. The molecule has 0 fully saturated rings. The second kappa shape index (κ2) is 3.85. The number of hydrogen-bond donors (Lipinski definition) is 2. The van der Waals surface area contributed by atoms with E-state index in [-0.39, 0.29) is 5.56 Å². The van der Waals surface area contributed by atoms with Crippen LogP contribution in [0.3, 0.4) is 0 Å². The fourth-order valence-electron chi connectivity index (χ4n) is 0.905. The highest BCUT2D eigenvalue weighted by Gasteiger charge is 2.16. The van der Waals surface area contributed by atoms with Crippen molar-refractivity contribution >= 4 is 40.4 Å². The molecule has 0 amide bonds. The Kier molecular flexibility index (Phi) is 3.01. The Bertz CT molecular complexity index is 339. The average Bonchev–Trinajstić information content (AvgIpc) is 2.08. The van der Waals surface area contributed by atoms with E-state index in [1.807, 2.05) is 0 Å². The molecule has 1 rings (SSSR count). The van der Waals surface area contributed by atoms with Crippen molar-refractivity contribution in [1.82, 2.24) is 0 Å². The minimum absolute atomic E-state index is 0.259. The number of nitrogen functional groups attached to an aromatic ring is 2. The average molecular weight is 219 g/mol. The van der Waals surface area contributed by atoms with Crippen molar-refractivity contribution in [3.63, 3.8) is 0 Å². The molecule has 0 heterocycles. The number of hydrogen-bond acceptors (Lipinski definition) is 3. The van der Waals surface area contributed by atoms with Crippen molar-refractivity contribution in [2.24, 2.45) is 0 Å². The van der Waals surface area contributed by atoms with Gasteiger partial charge in [-0.05, 0) is 18.2 Å². The SMILES string of the molecule is Nc1ccc(N)c(C(=O)C(Cl)Cl)c1. The fourth-order valence-corrected chi connectivity index (χ4v) is 1.14. The van der Waals surface area contributed by atoms with Crippen LogP contribution in [0.5, 0.6) is 0 Å². The van der Waals surface area contributed by atoms with Crippen LogP contribution in [0.1, 0.15) is 10.4 Å². The van der Waals surface area contributed by atoms with Gasteiger partial charge in [-0.3, -0.25) is 4.79 Å². The predicted molar refractivity (Wildman–Crippen MR) is 55.1 cm³/mol. The Morgan fingerprint density at radius 2 is 1.92 bits per heavy atom. The number of anilines is 2. The van der Waals surface area contributed by atoms with Crippen LogP contribution in [0.25, 0.3) is 0 Å². The molecule has 0 aromatic heterocycles. The maximum Gasteiger partial charge on any atom is 0.197 e. The van der Waals surface area contributed by atoms with E-state index >= 15 is 0 Å². The summed E-state index contributed by atoms with van der Waals surface area (Å²) in [6.45, 7) is 0. The Hall–Kier alpha value is -0.930. The lowest BCUT2D eigenvalue weighted by atomic mass is 10.1. The van der Waals surface area contributed by atoms with Crippen molar-refractivity contribution in [2.45, 2.75) is 4.84 Å². The van der Waals surface area contributed by atoms with Gasteiger partial charge in [0.1, 0.15) is 0 Å². The van der Waals surface area contributed by atoms with Crippen LogP contribution in [0.2, 0.25) is 0 Å². The highest BCUT2D eigenvalue weighted by Crippen LogP contribution is 2.20. The van der Waals surface area contributed by atoms with Crippen molar-refractivity contribution < 1.29 is 4.79 Å². The maximum absolute atomic E-state index is 11.3. The summed E-state index contributed by atoms with van der Waals surface area (Å²) in [7, 11) is 0. The number of halogens is 2. The summed E-state index contributed by atoms with van der Waals surface area (Å²) in [5.41, 5.74) is 12.0. The van der Waals surface area contributed by atoms with Gasteiger partial charge in [-0.15, -0.1) is 0 Å². The monoisotopic (exact) mass is 218 g/mol. The molecule has 4 N–H and O–H groups in total. The molecule has 13 heavy (non-hydrogen) atoms. The molecule has 0 saturated carbocycles. The molecule has 0 saturated heterocycles. The molecular weight excluding hydrogens is 211 g/mol. The van der Waals surface area contributed by atoms with Gasteiger partial charge in [-0.25, -0.2) is 0 Å². The van der Waals surface area contributed by atoms with E-state index in [2.05, 4.69) is 0 Å². The van der Waals surface area contributed by atoms with Gasteiger partial charge in [0.05, 0.1) is 0 Å². The number of rotatable bonds is 2. The van der Waals surface area contributed by atoms with E-state index in [4.69, 9.17) is 34.7 Å². The summed E-state index contributed by atoms with van der Waals surface area (Å²) >= 11 is 10.8. The smallest absolute Gasteiger partial charge is 0.197 e. The second-order valence-electron chi connectivity index (χ2n) is 2.51. The number of ketones is 1. The summed E-state index contributed by atoms with van der Waals surface area (Å²) in [6.07, 6.45) is 0. The summed E-state index contributed by atoms with van der Waals surface area (Å²) in [4.78, 5) is 10.2. The lowest BCUT2D eigenvalue weighted by Gasteiger charge is -2.05. The molecule has 0 spiro atoms. The van der Waals surface area contributed by atoms with Crippen LogP contribution in [0.4, 0.5) is 11.4 Å². The summed E-state index contributed by atoms with van der Waals surface area (Å²) in [5.74, 6) is -0.437. The number of alkyl halides is 2. The number of carbonyl (C=O) groups is 1. The fraction of sp³-hybridized carbons (Fsp3) is 0.125. The van der Waals surface area contributed by atoms with Crippen molar-refractivity contribution in [3.05, 3.63) is 23.8 Å². The van der Waals surface area contributed by atoms with Gasteiger partial charge in [0.25, 0.3) is 0 Å². The topological polar surface area (TPSA) is 69.1 Å². The number of carbonyl (C=O) groups excluding carboxylic acids is 1. The van der Waals surface area contributed by atoms with Crippen LogP contribution in [-0.2, 0) is 0 Å². The van der Waals surface area contributed by atoms with E-state index in [1.54, 1.807) is 12.1 Å². The van der Waals surface area contributed by atoms with Gasteiger partial charge >= 0.3 is 0 Å². The van der Waals surface area contributed by atoms with Gasteiger partial charge in [0.15, 0.2) is 10.6 Å². The quantitative estimate of drug-likeness (QED) is 0.453. The Morgan fingerprint density at radius 3 is 2.46 bits per heavy atom. The predicted octanol–water partition coefficient (Wildman–Crippen LogP) is 1.84. The summed E-state index contributed by atoms with van der Waals surface area (Å²) in [5, 5.41) is 0. The molecule has 0 aliphatic rings. The lowest BCUT2D eigenvalue weighted by molar-refractivity contribution is 0.101. The maximum atomic E-state index is 11.3. The highest BCUT2D eigenvalue weighted by molar-refractivity contribution is 6.55. The molecule has 70 valence electrons. The summed E-state index contributed by atoms with van der Waals surface area (Å²) < 4.78 is 0. The Morgan fingerprint density at radius 1 is 1.31 bits per heavy atom. The Balaban J connectivity index is 3.13. The second-order valence-corrected chi connectivity index (χ2v) is 3.61. The van der Waals surface area contributed by atoms with Crippen LogP contribution in [-0.4, -0.2) is 10.6 Å². The number of benzene rings is 1. The van der Waals surface area contributed by atoms with E-state index < -0.39 is 10.6 Å². The molecule has 1 aromatic rings. The third-order valence-electron chi connectivity index (χ3n) is 1.54. The molecule has 0 aliphatic carbocycles. The molecule has 0 aliphatic heterocycles. The minimum Gasteiger partial charge on any atom is -0.399 e. The first kappa shape index (κ1) is 10.2. The van der Waals surface area contributed by atoms with Gasteiger partial charge in [0, 0.05) is 16.9 Å². The molecule has 0 bridgehead atoms. The molecule has 3 nitrogen and oxygen atoms in total. The lowest BCUT2D eigenvalue weighted by Crippen LogP contribution is -2.11. The normalized spacial score (nSPS) is 10.4. The van der Waals surface area contributed by atoms with Gasteiger partial charge in [-0.1, -0.05) is 23.2 Å². The van der Waals surface area contributed by atoms with Crippen molar-refractivity contribution in [3.8, 4) is 0 Å². The van der Waals surface area contributed by atoms with E-state index in [0.29, 0.717) is 11.4 Å². The van der Waals surface area contributed by atoms with E-state index in [0.717, 1.165) is 0 Å². The molecule has 5 heteroatoms. The van der Waals surface area contributed by atoms with Gasteiger partial charge < -0.3 is 11.5 Å².